The number of thiophene rings is 1. The van der Waals surface area contributed by atoms with Crippen LogP contribution < -0.4 is 5.56 Å². The second-order valence-corrected chi connectivity index (χ2v) is 9.24. The first kappa shape index (κ1) is 19.2. The van der Waals surface area contributed by atoms with Gasteiger partial charge in [-0.2, -0.15) is 0 Å². The molecule has 28 heavy (non-hydrogen) atoms. The second-order valence-electron chi connectivity index (χ2n) is 7.07. The molecule has 0 saturated heterocycles. The van der Waals surface area contributed by atoms with Gasteiger partial charge in [0.05, 0.1) is 5.39 Å². The number of nitrogens with zero attached hydrogens (tertiary/aromatic N) is 5. The van der Waals surface area contributed by atoms with Gasteiger partial charge in [0.15, 0.2) is 5.16 Å². The van der Waals surface area contributed by atoms with E-state index in [0.717, 1.165) is 35.0 Å². The van der Waals surface area contributed by atoms with E-state index in [-0.39, 0.29) is 5.56 Å². The Labute approximate surface area is 171 Å². The molecule has 4 rings (SSSR count). The topological polar surface area (TPSA) is 55.4 Å². The maximum Gasteiger partial charge on any atom is 0.270 e. The molecule has 0 spiro atoms. The molecule has 0 unspecified atom stereocenters. The molecule has 6 nitrogen and oxygen atoms in total. The van der Waals surface area contributed by atoms with Crippen molar-refractivity contribution in [3.05, 3.63) is 57.2 Å². The van der Waals surface area contributed by atoms with Crippen molar-refractivity contribution in [3.63, 3.8) is 0 Å². The Kier molecular flexibility index (Phi) is 5.52. The van der Waals surface area contributed by atoms with Crippen molar-refractivity contribution in [2.45, 2.75) is 30.8 Å². The molecule has 0 aliphatic heterocycles. The summed E-state index contributed by atoms with van der Waals surface area (Å²) in [5, 5.41) is 6.13. The van der Waals surface area contributed by atoms with Crippen LogP contribution in [0.5, 0.6) is 0 Å². The van der Waals surface area contributed by atoms with E-state index >= 15 is 0 Å². The maximum absolute atomic E-state index is 13.2. The molecule has 0 radical (unpaired) electrons. The van der Waals surface area contributed by atoms with E-state index in [1.807, 2.05) is 35.9 Å². The van der Waals surface area contributed by atoms with Crippen LogP contribution in [0, 0.1) is 6.92 Å². The van der Waals surface area contributed by atoms with Gasteiger partial charge in [-0.25, -0.2) is 14.1 Å². The fourth-order valence-electron chi connectivity index (χ4n) is 3.13. The van der Waals surface area contributed by atoms with Crippen molar-refractivity contribution in [2.75, 3.05) is 20.6 Å². The SMILES string of the molecule is Cc1cc2c(=O)n3c(SCc4ccccc4)nn(CCCN(C)C)c3nc2s1. The average molecular weight is 414 g/mol. The molecule has 0 saturated carbocycles. The van der Waals surface area contributed by atoms with E-state index in [2.05, 4.69) is 31.1 Å². The zero-order valence-corrected chi connectivity index (χ0v) is 17.9. The quantitative estimate of drug-likeness (QED) is 0.433. The Hall–Kier alpha value is -2.16. The monoisotopic (exact) mass is 413 g/mol. The Bertz CT molecular complexity index is 1160. The number of thioether (sulfide) groups is 1. The summed E-state index contributed by atoms with van der Waals surface area (Å²) in [6.45, 7) is 3.70. The summed E-state index contributed by atoms with van der Waals surface area (Å²) in [6.07, 6.45) is 0.949. The molecule has 0 bridgehead atoms. The number of fused-ring (bicyclic) bond motifs is 2. The highest BCUT2D eigenvalue weighted by Crippen LogP contribution is 2.25. The van der Waals surface area contributed by atoms with Crippen molar-refractivity contribution in [1.29, 1.82) is 0 Å². The predicted molar refractivity (Wildman–Crippen MR) is 117 cm³/mol. The van der Waals surface area contributed by atoms with Crippen molar-refractivity contribution >= 4 is 39.1 Å². The Morgan fingerprint density at radius 1 is 1.21 bits per heavy atom. The van der Waals surface area contributed by atoms with Crippen LogP contribution in [0.25, 0.3) is 16.0 Å². The fraction of sp³-hybridized carbons (Fsp3) is 0.350. The first-order valence-electron chi connectivity index (χ1n) is 9.24. The number of rotatable bonds is 7. The number of aryl methyl sites for hydroxylation is 2. The molecular formula is C20H23N5OS2. The molecule has 0 aliphatic carbocycles. The van der Waals surface area contributed by atoms with E-state index in [0.29, 0.717) is 16.3 Å². The van der Waals surface area contributed by atoms with Gasteiger partial charge < -0.3 is 4.90 Å². The van der Waals surface area contributed by atoms with Gasteiger partial charge >= 0.3 is 0 Å². The highest BCUT2D eigenvalue weighted by molar-refractivity contribution is 7.98. The molecule has 0 amide bonds. The molecule has 8 heteroatoms. The second kappa shape index (κ2) is 8.06. The smallest absolute Gasteiger partial charge is 0.270 e. The molecule has 3 aromatic heterocycles. The maximum atomic E-state index is 13.2. The predicted octanol–water partition coefficient (Wildman–Crippen LogP) is 3.66. The molecule has 1 aromatic carbocycles. The van der Waals surface area contributed by atoms with E-state index in [9.17, 15) is 4.79 Å². The Balaban J connectivity index is 1.76. The number of hydrogen-bond donors (Lipinski definition) is 0. The van der Waals surface area contributed by atoms with Crippen LogP contribution >= 0.6 is 23.1 Å². The summed E-state index contributed by atoms with van der Waals surface area (Å²) < 4.78 is 3.56. The van der Waals surface area contributed by atoms with E-state index in [1.165, 1.54) is 5.56 Å². The summed E-state index contributed by atoms with van der Waals surface area (Å²) in [5.41, 5.74) is 1.18. The number of benzene rings is 1. The standard InChI is InChI=1S/C20H23N5OS2/c1-14-12-16-17(28-14)21-19-24(11-7-10-23(2)3)22-20(25(19)18(16)26)27-13-15-8-5-4-6-9-15/h4-6,8-9,12H,7,10-11,13H2,1-3H3. The van der Waals surface area contributed by atoms with Gasteiger partial charge in [0.2, 0.25) is 5.78 Å². The molecule has 0 aliphatic rings. The summed E-state index contributed by atoms with van der Waals surface area (Å²) >= 11 is 3.13. The van der Waals surface area contributed by atoms with Crippen LogP contribution in [0.2, 0.25) is 0 Å². The zero-order valence-electron chi connectivity index (χ0n) is 16.3. The highest BCUT2D eigenvalue weighted by Gasteiger charge is 2.18. The van der Waals surface area contributed by atoms with Gasteiger partial charge in [0, 0.05) is 17.2 Å². The first-order valence-corrected chi connectivity index (χ1v) is 11.0. The molecule has 4 aromatic rings. The third-order valence-electron chi connectivity index (χ3n) is 4.49. The summed E-state index contributed by atoms with van der Waals surface area (Å²) in [5.74, 6) is 1.39. The van der Waals surface area contributed by atoms with Crippen LogP contribution in [0.3, 0.4) is 0 Å². The minimum atomic E-state index is -0.0289. The van der Waals surface area contributed by atoms with Crippen LogP contribution in [-0.2, 0) is 12.3 Å². The lowest BCUT2D eigenvalue weighted by Crippen LogP contribution is -2.17. The van der Waals surface area contributed by atoms with Crippen molar-refractivity contribution in [1.82, 2.24) is 24.1 Å². The van der Waals surface area contributed by atoms with E-state index in [4.69, 9.17) is 10.1 Å². The lowest BCUT2D eigenvalue weighted by atomic mass is 10.2. The molecule has 0 atom stereocenters. The normalized spacial score (nSPS) is 11.9. The average Bonchev–Trinajstić information content (AvgIpc) is 3.21. The number of hydrogen-bond acceptors (Lipinski definition) is 6. The molecular weight excluding hydrogens is 390 g/mol. The molecule has 0 fully saturated rings. The van der Waals surface area contributed by atoms with E-state index in [1.54, 1.807) is 27.5 Å². The van der Waals surface area contributed by atoms with Crippen molar-refractivity contribution in [2.24, 2.45) is 0 Å². The van der Waals surface area contributed by atoms with E-state index < -0.39 is 0 Å². The van der Waals surface area contributed by atoms with Crippen LogP contribution in [0.4, 0.5) is 0 Å². The van der Waals surface area contributed by atoms with Gasteiger partial charge in [-0.3, -0.25) is 4.79 Å². The summed E-state index contributed by atoms with van der Waals surface area (Å²) in [6, 6.07) is 12.2. The fourth-order valence-corrected chi connectivity index (χ4v) is 4.93. The minimum absolute atomic E-state index is 0.0289. The molecule has 146 valence electrons. The van der Waals surface area contributed by atoms with Gasteiger partial charge in [-0.15, -0.1) is 16.4 Å². The number of aromatic nitrogens is 4. The Morgan fingerprint density at radius 2 is 2.00 bits per heavy atom. The third-order valence-corrected chi connectivity index (χ3v) is 6.43. The first-order chi connectivity index (χ1) is 13.5. The van der Waals surface area contributed by atoms with Gasteiger partial charge in [-0.1, -0.05) is 42.1 Å². The largest absolute Gasteiger partial charge is 0.309 e. The van der Waals surface area contributed by atoms with Gasteiger partial charge in [-0.05, 0) is 45.6 Å². The van der Waals surface area contributed by atoms with Crippen molar-refractivity contribution < 1.29 is 0 Å². The van der Waals surface area contributed by atoms with Crippen LogP contribution in [-0.4, -0.2) is 44.7 Å². The Morgan fingerprint density at radius 3 is 2.75 bits per heavy atom. The molecule has 3 heterocycles. The van der Waals surface area contributed by atoms with Crippen molar-refractivity contribution in [3.8, 4) is 0 Å². The van der Waals surface area contributed by atoms with Crippen LogP contribution in [0.15, 0.2) is 46.3 Å². The summed E-state index contributed by atoms with van der Waals surface area (Å²) in [4.78, 5) is 22.0. The lowest BCUT2D eigenvalue weighted by Gasteiger charge is -2.08. The lowest BCUT2D eigenvalue weighted by molar-refractivity contribution is 0.381. The highest BCUT2D eigenvalue weighted by atomic mass is 32.2. The zero-order chi connectivity index (χ0) is 19.7. The minimum Gasteiger partial charge on any atom is -0.309 e. The summed E-state index contributed by atoms with van der Waals surface area (Å²) in [7, 11) is 4.12. The van der Waals surface area contributed by atoms with Gasteiger partial charge in [0.1, 0.15) is 4.83 Å². The van der Waals surface area contributed by atoms with Gasteiger partial charge in [0.25, 0.3) is 5.56 Å². The van der Waals surface area contributed by atoms with Crippen LogP contribution in [0.1, 0.15) is 16.9 Å². The molecule has 0 N–H and O–H groups in total. The third kappa shape index (κ3) is 3.85.